The fraction of sp³-hybridized carbons (Fsp3) is 0.364. The third-order valence-electron chi connectivity index (χ3n) is 2.08. The molecular formula is C11H14BrNO2. The van der Waals surface area contributed by atoms with Crippen molar-refractivity contribution >= 4 is 21.8 Å². The number of nitrogens with one attached hydrogen (secondary N) is 1. The van der Waals surface area contributed by atoms with Crippen molar-refractivity contribution in [3.8, 4) is 5.75 Å². The van der Waals surface area contributed by atoms with Gasteiger partial charge in [-0.05, 0) is 25.0 Å². The van der Waals surface area contributed by atoms with E-state index in [1.807, 2.05) is 0 Å². The van der Waals surface area contributed by atoms with Crippen molar-refractivity contribution in [2.75, 3.05) is 11.9 Å². The molecule has 0 fully saturated rings. The molecule has 1 rings (SSSR count). The van der Waals surface area contributed by atoms with Gasteiger partial charge in [0, 0.05) is 11.9 Å². The molecule has 4 heteroatoms. The number of carbonyl (C=O) groups excluding carboxylic acids is 1. The summed E-state index contributed by atoms with van der Waals surface area (Å²) >= 11 is 3.28. The highest BCUT2D eigenvalue weighted by Crippen LogP contribution is 2.20. The maximum absolute atomic E-state index is 11.6. The topological polar surface area (TPSA) is 49.3 Å². The lowest BCUT2D eigenvalue weighted by atomic mass is 10.1. The molecule has 0 saturated heterocycles. The van der Waals surface area contributed by atoms with Gasteiger partial charge in [-0.15, -0.1) is 0 Å². The average molecular weight is 272 g/mol. The van der Waals surface area contributed by atoms with Gasteiger partial charge in [0.2, 0.25) is 0 Å². The first-order chi connectivity index (χ1) is 7.16. The summed E-state index contributed by atoms with van der Waals surface area (Å²) < 4.78 is 0. The highest BCUT2D eigenvalue weighted by atomic mass is 79.9. The van der Waals surface area contributed by atoms with Gasteiger partial charge in [-0.25, -0.2) is 0 Å². The lowest BCUT2D eigenvalue weighted by Gasteiger charge is -2.07. The number of hydrogen-bond acceptors (Lipinski definition) is 2. The zero-order valence-corrected chi connectivity index (χ0v) is 10.2. The molecule has 0 aromatic heterocycles. The number of alkyl halides is 1. The highest BCUT2D eigenvalue weighted by molar-refractivity contribution is 9.09. The molecule has 0 aliphatic rings. The van der Waals surface area contributed by atoms with Gasteiger partial charge < -0.3 is 10.4 Å². The van der Waals surface area contributed by atoms with Crippen molar-refractivity contribution in [2.24, 2.45) is 0 Å². The van der Waals surface area contributed by atoms with E-state index in [2.05, 4.69) is 21.2 Å². The maximum atomic E-state index is 11.6. The smallest absolute Gasteiger partial charge is 0.255 e. The van der Waals surface area contributed by atoms with Crippen LogP contribution in [0.25, 0.3) is 0 Å². The second-order valence-electron chi connectivity index (χ2n) is 3.27. The van der Waals surface area contributed by atoms with E-state index in [1.165, 1.54) is 0 Å². The Balaban J connectivity index is 2.69. The largest absolute Gasteiger partial charge is 0.507 e. The number of hydrogen-bond donors (Lipinski definition) is 2. The zero-order valence-electron chi connectivity index (χ0n) is 8.59. The third-order valence-corrected chi connectivity index (χ3v) is 2.64. The van der Waals surface area contributed by atoms with Crippen LogP contribution >= 0.6 is 15.9 Å². The molecule has 1 amide bonds. The molecule has 0 atom stereocenters. The van der Waals surface area contributed by atoms with Crippen molar-refractivity contribution in [1.82, 2.24) is 5.32 Å². The highest BCUT2D eigenvalue weighted by Gasteiger charge is 2.11. The SMILES string of the molecule is Cc1cccc(C(=O)NCCCBr)c1O. The normalized spacial score (nSPS) is 10.0. The number of carbonyl (C=O) groups is 1. The number of aryl methyl sites for hydroxylation is 1. The summed E-state index contributed by atoms with van der Waals surface area (Å²) in [5, 5.41) is 13.2. The predicted molar refractivity (Wildman–Crippen MR) is 63.6 cm³/mol. The Morgan fingerprint density at radius 3 is 2.93 bits per heavy atom. The number of para-hydroxylation sites is 1. The van der Waals surface area contributed by atoms with Crippen molar-refractivity contribution < 1.29 is 9.90 Å². The van der Waals surface area contributed by atoms with Gasteiger partial charge in [-0.1, -0.05) is 28.1 Å². The number of rotatable bonds is 4. The summed E-state index contributed by atoms with van der Waals surface area (Å²) in [6.45, 7) is 2.38. The molecule has 0 aliphatic carbocycles. The average Bonchev–Trinajstić information content (AvgIpc) is 2.22. The summed E-state index contributed by atoms with van der Waals surface area (Å²) in [5.41, 5.74) is 1.05. The van der Waals surface area contributed by atoms with Gasteiger partial charge in [0.15, 0.2) is 0 Å². The van der Waals surface area contributed by atoms with Crippen LogP contribution in [0.3, 0.4) is 0 Å². The number of amides is 1. The molecule has 0 bridgehead atoms. The fourth-order valence-corrected chi connectivity index (χ4v) is 1.49. The zero-order chi connectivity index (χ0) is 11.3. The Morgan fingerprint density at radius 2 is 2.27 bits per heavy atom. The van der Waals surface area contributed by atoms with E-state index in [0.29, 0.717) is 17.7 Å². The molecule has 3 nitrogen and oxygen atoms in total. The fourth-order valence-electron chi connectivity index (χ4n) is 1.21. The molecule has 0 radical (unpaired) electrons. The van der Waals surface area contributed by atoms with Gasteiger partial charge in [-0.3, -0.25) is 4.79 Å². The van der Waals surface area contributed by atoms with Crippen LogP contribution in [0.4, 0.5) is 0 Å². The molecule has 1 aromatic carbocycles. The van der Waals surface area contributed by atoms with Crippen LogP contribution < -0.4 is 5.32 Å². The molecule has 82 valence electrons. The standard InChI is InChI=1S/C11H14BrNO2/c1-8-4-2-5-9(10(8)14)11(15)13-7-3-6-12/h2,4-5,14H,3,6-7H2,1H3,(H,13,15). The Labute approximate surface area is 97.6 Å². The Kier molecular flexibility index (Phi) is 4.62. The monoisotopic (exact) mass is 271 g/mol. The van der Waals surface area contributed by atoms with Crippen molar-refractivity contribution in [2.45, 2.75) is 13.3 Å². The number of phenolic OH excluding ortho intramolecular Hbond substituents is 1. The maximum Gasteiger partial charge on any atom is 0.255 e. The van der Waals surface area contributed by atoms with Crippen LogP contribution in [0.5, 0.6) is 5.75 Å². The van der Waals surface area contributed by atoms with E-state index in [9.17, 15) is 9.90 Å². The van der Waals surface area contributed by atoms with Gasteiger partial charge in [0.25, 0.3) is 5.91 Å². The molecule has 15 heavy (non-hydrogen) atoms. The van der Waals surface area contributed by atoms with Crippen molar-refractivity contribution in [1.29, 1.82) is 0 Å². The lowest BCUT2D eigenvalue weighted by Crippen LogP contribution is -2.24. The summed E-state index contributed by atoms with van der Waals surface area (Å²) in [4.78, 5) is 11.6. The summed E-state index contributed by atoms with van der Waals surface area (Å²) in [6, 6.07) is 5.14. The molecule has 1 aromatic rings. The first-order valence-corrected chi connectivity index (χ1v) is 5.91. The first-order valence-electron chi connectivity index (χ1n) is 4.79. The van der Waals surface area contributed by atoms with Crippen LogP contribution in [0, 0.1) is 6.92 Å². The molecule has 2 N–H and O–H groups in total. The number of phenols is 1. The molecule has 0 aliphatic heterocycles. The predicted octanol–water partition coefficient (Wildman–Crippen LogP) is 2.22. The third kappa shape index (κ3) is 3.23. The lowest BCUT2D eigenvalue weighted by molar-refractivity contribution is 0.0951. The summed E-state index contributed by atoms with van der Waals surface area (Å²) in [7, 11) is 0. The van der Waals surface area contributed by atoms with Gasteiger partial charge >= 0.3 is 0 Å². The minimum absolute atomic E-state index is 0.0637. The van der Waals surface area contributed by atoms with Crippen LogP contribution in [-0.4, -0.2) is 22.9 Å². The number of aromatic hydroxyl groups is 1. The van der Waals surface area contributed by atoms with Crippen LogP contribution in [0.1, 0.15) is 22.3 Å². The second kappa shape index (κ2) is 5.75. The van der Waals surface area contributed by atoms with E-state index in [0.717, 1.165) is 11.8 Å². The van der Waals surface area contributed by atoms with Crippen LogP contribution in [0.15, 0.2) is 18.2 Å². The number of benzene rings is 1. The van der Waals surface area contributed by atoms with E-state index in [4.69, 9.17) is 0 Å². The second-order valence-corrected chi connectivity index (χ2v) is 4.06. The summed E-state index contributed by atoms with van der Waals surface area (Å²) in [6.07, 6.45) is 0.873. The van der Waals surface area contributed by atoms with Crippen LogP contribution in [-0.2, 0) is 0 Å². The quantitative estimate of drug-likeness (QED) is 0.652. The van der Waals surface area contributed by atoms with Crippen molar-refractivity contribution in [3.05, 3.63) is 29.3 Å². The minimum Gasteiger partial charge on any atom is -0.507 e. The van der Waals surface area contributed by atoms with Crippen LogP contribution in [0.2, 0.25) is 0 Å². The Bertz CT molecular complexity index is 352. The van der Waals surface area contributed by atoms with Gasteiger partial charge in [0.1, 0.15) is 5.75 Å². The van der Waals surface area contributed by atoms with Gasteiger partial charge in [-0.2, -0.15) is 0 Å². The Hall–Kier alpha value is -1.03. The molecular weight excluding hydrogens is 258 g/mol. The first kappa shape index (κ1) is 12.0. The summed E-state index contributed by atoms with van der Waals surface area (Å²) in [5.74, 6) is -0.161. The molecule has 0 heterocycles. The van der Waals surface area contributed by atoms with E-state index < -0.39 is 0 Å². The molecule has 0 spiro atoms. The number of halogens is 1. The molecule has 0 unspecified atom stereocenters. The van der Waals surface area contributed by atoms with Crippen molar-refractivity contribution in [3.63, 3.8) is 0 Å². The van der Waals surface area contributed by atoms with E-state index in [1.54, 1.807) is 25.1 Å². The Morgan fingerprint density at radius 1 is 1.53 bits per heavy atom. The van der Waals surface area contributed by atoms with E-state index in [-0.39, 0.29) is 11.7 Å². The van der Waals surface area contributed by atoms with Gasteiger partial charge in [0.05, 0.1) is 5.56 Å². The minimum atomic E-state index is -0.225. The molecule has 0 saturated carbocycles. The van der Waals surface area contributed by atoms with E-state index >= 15 is 0 Å².